The zero-order chi connectivity index (χ0) is 17.6. The third-order valence-electron chi connectivity index (χ3n) is 3.86. The molecule has 0 spiro atoms. The SMILES string of the molecule is CC[C@H](CNC(=O)c1ccc(CS(N)(=O)=O)cc1)c1ccccc1. The molecule has 5 nitrogen and oxygen atoms in total. The smallest absolute Gasteiger partial charge is 0.251 e. The standard InChI is InChI=1S/C18H22N2O3S/c1-2-15(16-6-4-3-5-7-16)12-20-18(21)17-10-8-14(9-11-17)13-24(19,22)23/h3-11,15H,2,12-13H2,1H3,(H,20,21)(H2,19,22,23)/t15-/m1/s1. The van der Waals surface area contributed by atoms with Gasteiger partial charge in [-0.15, -0.1) is 0 Å². The van der Waals surface area contributed by atoms with Crippen LogP contribution >= 0.6 is 0 Å². The highest BCUT2D eigenvalue weighted by atomic mass is 32.2. The Bertz CT molecular complexity index is 772. The highest BCUT2D eigenvalue weighted by Crippen LogP contribution is 2.18. The number of primary sulfonamides is 1. The van der Waals surface area contributed by atoms with E-state index in [2.05, 4.69) is 24.4 Å². The summed E-state index contributed by atoms with van der Waals surface area (Å²) in [5.41, 5.74) is 2.25. The summed E-state index contributed by atoms with van der Waals surface area (Å²) in [7, 11) is -3.57. The topological polar surface area (TPSA) is 89.3 Å². The fraction of sp³-hybridized carbons (Fsp3) is 0.278. The minimum absolute atomic E-state index is 0.175. The van der Waals surface area contributed by atoms with E-state index in [1.807, 2.05) is 18.2 Å². The highest BCUT2D eigenvalue weighted by Gasteiger charge is 2.12. The van der Waals surface area contributed by atoms with E-state index < -0.39 is 10.0 Å². The van der Waals surface area contributed by atoms with Crippen LogP contribution in [0, 0.1) is 0 Å². The first-order chi connectivity index (χ1) is 11.4. The molecule has 0 aliphatic carbocycles. The van der Waals surface area contributed by atoms with Crippen molar-refractivity contribution >= 4 is 15.9 Å². The molecule has 3 N–H and O–H groups in total. The molecule has 0 saturated heterocycles. The number of rotatable bonds is 7. The summed E-state index contributed by atoms with van der Waals surface area (Å²) >= 11 is 0. The van der Waals surface area contributed by atoms with Crippen molar-refractivity contribution in [3.05, 3.63) is 71.3 Å². The fourth-order valence-electron chi connectivity index (χ4n) is 2.53. The van der Waals surface area contributed by atoms with Crippen LogP contribution in [0.1, 0.15) is 40.7 Å². The molecule has 1 amide bonds. The second kappa shape index (κ2) is 8.08. The molecule has 1 atom stereocenters. The Morgan fingerprint density at radius 1 is 1.08 bits per heavy atom. The Morgan fingerprint density at radius 3 is 2.25 bits per heavy atom. The third-order valence-corrected chi connectivity index (χ3v) is 4.59. The molecule has 2 aromatic carbocycles. The Morgan fingerprint density at radius 2 is 1.71 bits per heavy atom. The number of amides is 1. The van der Waals surface area contributed by atoms with E-state index >= 15 is 0 Å². The number of nitrogens with one attached hydrogen (secondary N) is 1. The van der Waals surface area contributed by atoms with Gasteiger partial charge in [0.05, 0.1) is 5.75 Å². The minimum Gasteiger partial charge on any atom is -0.351 e. The zero-order valence-corrected chi connectivity index (χ0v) is 14.4. The van der Waals surface area contributed by atoms with Crippen molar-refractivity contribution in [2.45, 2.75) is 25.0 Å². The van der Waals surface area contributed by atoms with Crippen LogP contribution in [0.4, 0.5) is 0 Å². The van der Waals surface area contributed by atoms with Crippen molar-refractivity contribution in [2.75, 3.05) is 6.54 Å². The number of benzene rings is 2. The molecule has 0 saturated carbocycles. The van der Waals surface area contributed by atoms with E-state index in [4.69, 9.17) is 5.14 Å². The van der Waals surface area contributed by atoms with E-state index in [1.54, 1.807) is 24.3 Å². The van der Waals surface area contributed by atoms with Crippen LogP contribution < -0.4 is 10.5 Å². The fourth-order valence-corrected chi connectivity index (χ4v) is 3.18. The van der Waals surface area contributed by atoms with Crippen LogP contribution in [0.2, 0.25) is 0 Å². The number of sulfonamides is 1. The molecular formula is C18H22N2O3S. The monoisotopic (exact) mass is 346 g/mol. The molecule has 0 unspecified atom stereocenters. The second-order valence-corrected chi connectivity index (χ2v) is 7.34. The minimum atomic E-state index is -3.57. The maximum atomic E-state index is 12.2. The van der Waals surface area contributed by atoms with Crippen LogP contribution in [-0.4, -0.2) is 20.9 Å². The molecule has 0 radical (unpaired) electrons. The second-order valence-electron chi connectivity index (χ2n) is 5.73. The maximum absolute atomic E-state index is 12.2. The van der Waals surface area contributed by atoms with E-state index in [0.29, 0.717) is 17.7 Å². The largest absolute Gasteiger partial charge is 0.351 e. The highest BCUT2D eigenvalue weighted by molar-refractivity contribution is 7.88. The van der Waals surface area contributed by atoms with Gasteiger partial charge in [-0.25, -0.2) is 13.6 Å². The molecule has 0 bridgehead atoms. The maximum Gasteiger partial charge on any atom is 0.251 e. The van der Waals surface area contributed by atoms with E-state index in [-0.39, 0.29) is 17.6 Å². The first kappa shape index (κ1) is 18.2. The Kier molecular flexibility index (Phi) is 6.11. The van der Waals surface area contributed by atoms with Crippen molar-refractivity contribution < 1.29 is 13.2 Å². The van der Waals surface area contributed by atoms with Crippen LogP contribution in [-0.2, 0) is 15.8 Å². The van der Waals surface area contributed by atoms with Gasteiger partial charge >= 0.3 is 0 Å². The summed E-state index contributed by atoms with van der Waals surface area (Å²) in [4.78, 5) is 12.2. The van der Waals surface area contributed by atoms with Gasteiger partial charge in [0, 0.05) is 18.0 Å². The first-order valence-electron chi connectivity index (χ1n) is 7.81. The molecular weight excluding hydrogens is 324 g/mol. The summed E-state index contributed by atoms with van der Waals surface area (Å²) in [6, 6.07) is 16.5. The summed E-state index contributed by atoms with van der Waals surface area (Å²) in [5.74, 6) is -0.149. The van der Waals surface area contributed by atoms with Gasteiger partial charge < -0.3 is 5.32 Å². The lowest BCUT2D eigenvalue weighted by atomic mass is 9.96. The van der Waals surface area contributed by atoms with Gasteiger partial charge in [-0.1, -0.05) is 49.4 Å². The van der Waals surface area contributed by atoms with Crippen LogP contribution in [0.3, 0.4) is 0 Å². The van der Waals surface area contributed by atoms with Crippen LogP contribution in [0.5, 0.6) is 0 Å². The van der Waals surface area contributed by atoms with Gasteiger partial charge in [-0.05, 0) is 29.7 Å². The first-order valence-corrected chi connectivity index (χ1v) is 9.53. The summed E-state index contributed by atoms with van der Waals surface area (Å²) in [6.45, 7) is 2.64. The number of carbonyl (C=O) groups is 1. The Balaban J connectivity index is 1.97. The molecule has 0 fully saturated rings. The van der Waals surface area contributed by atoms with Gasteiger partial charge in [-0.3, -0.25) is 4.79 Å². The molecule has 0 aliphatic rings. The van der Waals surface area contributed by atoms with Gasteiger partial charge in [0.1, 0.15) is 0 Å². The summed E-state index contributed by atoms with van der Waals surface area (Å²) < 4.78 is 22.1. The average Bonchev–Trinajstić information content (AvgIpc) is 2.55. The van der Waals surface area contributed by atoms with Crippen molar-refractivity contribution in [1.82, 2.24) is 5.32 Å². The molecule has 2 rings (SSSR count). The lowest BCUT2D eigenvalue weighted by molar-refractivity contribution is 0.0951. The predicted octanol–water partition coefficient (Wildman–Crippen LogP) is 2.40. The van der Waals surface area contributed by atoms with E-state index in [9.17, 15) is 13.2 Å². The number of hydrogen-bond donors (Lipinski definition) is 2. The molecule has 0 aromatic heterocycles. The number of carbonyl (C=O) groups excluding carboxylic acids is 1. The van der Waals surface area contributed by atoms with Crippen molar-refractivity contribution in [3.8, 4) is 0 Å². The van der Waals surface area contributed by atoms with Gasteiger partial charge in [0.15, 0.2) is 0 Å². The normalized spacial score (nSPS) is 12.6. The number of hydrogen-bond acceptors (Lipinski definition) is 3. The van der Waals surface area contributed by atoms with Crippen molar-refractivity contribution in [1.29, 1.82) is 0 Å². The Labute approximate surface area is 142 Å². The molecule has 128 valence electrons. The molecule has 2 aromatic rings. The molecule has 0 heterocycles. The van der Waals surface area contributed by atoms with Gasteiger partial charge in [0.25, 0.3) is 5.91 Å². The number of nitrogens with two attached hydrogens (primary N) is 1. The quantitative estimate of drug-likeness (QED) is 0.807. The lowest BCUT2D eigenvalue weighted by Crippen LogP contribution is -2.28. The molecule has 0 aliphatic heterocycles. The summed E-state index contributed by atoms with van der Waals surface area (Å²) in [6.07, 6.45) is 0.928. The van der Waals surface area contributed by atoms with E-state index in [1.165, 1.54) is 5.56 Å². The zero-order valence-electron chi connectivity index (χ0n) is 13.6. The van der Waals surface area contributed by atoms with Crippen molar-refractivity contribution in [2.24, 2.45) is 5.14 Å². The Hall–Kier alpha value is -2.18. The third kappa shape index (κ3) is 5.47. The molecule has 24 heavy (non-hydrogen) atoms. The van der Waals surface area contributed by atoms with Crippen LogP contribution in [0.15, 0.2) is 54.6 Å². The average molecular weight is 346 g/mol. The van der Waals surface area contributed by atoms with Gasteiger partial charge in [-0.2, -0.15) is 0 Å². The molecule has 6 heteroatoms. The van der Waals surface area contributed by atoms with Crippen molar-refractivity contribution in [3.63, 3.8) is 0 Å². The van der Waals surface area contributed by atoms with Gasteiger partial charge in [0.2, 0.25) is 10.0 Å². The predicted molar refractivity (Wildman–Crippen MR) is 95.1 cm³/mol. The summed E-state index contributed by atoms with van der Waals surface area (Å²) in [5, 5.41) is 7.94. The van der Waals surface area contributed by atoms with Crippen LogP contribution in [0.25, 0.3) is 0 Å². The lowest BCUT2D eigenvalue weighted by Gasteiger charge is -2.16. The van der Waals surface area contributed by atoms with E-state index in [0.717, 1.165) is 6.42 Å².